The molecule has 0 radical (unpaired) electrons. The maximum Gasteiger partial charge on any atom is 0.280 e. The molecule has 1 aromatic carbocycles. The fourth-order valence-corrected chi connectivity index (χ4v) is 3.54. The highest BCUT2D eigenvalue weighted by Crippen LogP contribution is 2.26. The van der Waals surface area contributed by atoms with Gasteiger partial charge in [0.15, 0.2) is 11.5 Å². The second kappa shape index (κ2) is 7.90. The molecule has 0 spiro atoms. The van der Waals surface area contributed by atoms with E-state index < -0.39 is 5.82 Å². The van der Waals surface area contributed by atoms with E-state index in [1.54, 1.807) is 15.8 Å². The fraction of sp³-hybridized carbons (Fsp3) is 0.421. The Labute approximate surface area is 171 Å². The van der Waals surface area contributed by atoms with E-state index in [-0.39, 0.29) is 22.9 Å². The molecule has 0 atom stereocenters. The first-order valence-corrected chi connectivity index (χ1v) is 9.80. The predicted molar refractivity (Wildman–Crippen MR) is 103 cm³/mol. The molecule has 8 nitrogen and oxygen atoms in total. The Morgan fingerprint density at radius 2 is 2.07 bits per heavy atom. The normalized spacial score (nSPS) is 15.3. The molecule has 4 rings (SSSR count). The van der Waals surface area contributed by atoms with Crippen LogP contribution >= 0.6 is 11.6 Å². The third-order valence-corrected chi connectivity index (χ3v) is 5.29. The third-order valence-electron chi connectivity index (χ3n) is 4.97. The maximum absolute atomic E-state index is 13.2. The second-order valence-electron chi connectivity index (χ2n) is 7.34. The average molecular weight is 419 g/mol. The van der Waals surface area contributed by atoms with Crippen LogP contribution in [0.5, 0.6) is 0 Å². The van der Waals surface area contributed by atoms with Gasteiger partial charge in [0, 0.05) is 19.0 Å². The van der Waals surface area contributed by atoms with Crippen LogP contribution in [0.3, 0.4) is 0 Å². The van der Waals surface area contributed by atoms with Crippen molar-refractivity contribution < 1.29 is 13.7 Å². The van der Waals surface area contributed by atoms with Crippen molar-refractivity contribution in [1.82, 2.24) is 30.0 Å². The number of benzene rings is 1. The first-order chi connectivity index (χ1) is 13.9. The smallest absolute Gasteiger partial charge is 0.280 e. The Morgan fingerprint density at radius 3 is 2.72 bits per heavy atom. The summed E-state index contributed by atoms with van der Waals surface area (Å²) in [4.78, 5) is 18.7. The molecule has 2 aromatic heterocycles. The van der Waals surface area contributed by atoms with Gasteiger partial charge in [-0.25, -0.2) is 9.07 Å². The lowest BCUT2D eigenvalue weighted by Gasteiger charge is -2.32. The minimum absolute atomic E-state index is 0.108. The predicted octanol–water partition coefficient (Wildman–Crippen LogP) is 3.72. The molecule has 0 unspecified atom stereocenters. The zero-order valence-electron chi connectivity index (χ0n) is 16.0. The van der Waals surface area contributed by atoms with E-state index in [2.05, 4.69) is 20.5 Å². The van der Waals surface area contributed by atoms with Crippen molar-refractivity contribution >= 4 is 17.5 Å². The zero-order chi connectivity index (χ0) is 20.5. The molecule has 1 aliphatic rings. The minimum Gasteiger partial charge on any atom is -0.338 e. The summed E-state index contributed by atoms with van der Waals surface area (Å²) in [7, 11) is 0. The van der Waals surface area contributed by atoms with E-state index >= 15 is 0 Å². The topological polar surface area (TPSA) is 89.9 Å². The van der Waals surface area contributed by atoms with Crippen LogP contribution in [0.25, 0.3) is 11.6 Å². The molecule has 0 bridgehead atoms. The number of nitrogens with zero attached hydrogens (tertiary/aromatic N) is 6. The van der Waals surface area contributed by atoms with E-state index in [4.69, 9.17) is 16.1 Å². The quantitative estimate of drug-likeness (QED) is 0.641. The Kier molecular flexibility index (Phi) is 5.31. The van der Waals surface area contributed by atoms with E-state index in [1.807, 2.05) is 13.8 Å². The van der Waals surface area contributed by atoms with Crippen LogP contribution in [0.4, 0.5) is 4.39 Å². The lowest BCUT2D eigenvalue weighted by molar-refractivity contribution is 0.0689. The maximum atomic E-state index is 13.2. The molecule has 3 heterocycles. The van der Waals surface area contributed by atoms with E-state index in [1.165, 1.54) is 12.1 Å². The number of hydrogen-bond donors (Lipinski definition) is 0. The second-order valence-corrected chi connectivity index (χ2v) is 7.75. The summed E-state index contributed by atoms with van der Waals surface area (Å²) in [6.07, 6.45) is 3.22. The number of hydrogen-bond acceptors (Lipinski definition) is 6. The van der Waals surface area contributed by atoms with Gasteiger partial charge in [0.2, 0.25) is 0 Å². The Bertz CT molecular complexity index is 1030. The molecule has 10 heteroatoms. The Hall–Kier alpha value is -2.81. The molecule has 29 heavy (non-hydrogen) atoms. The number of carbonyl (C=O) groups excluding carboxylic acids is 1. The van der Waals surface area contributed by atoms with Gasteiger partial charge >= 0.3 is 0 Å². The van der Waals surface area contributed by atoms with Crippen molar-refractivity contribution in [2.45, 2.75) is 38.6 Å². The van der Waals surface area contributed by atoms with Gasteiger partial charge in [-0.15, -0.1) is 5.10 Å². The molecule has 1 saturated heterocycles. The van der Waals surface area contributed by atoms with Crippen LogP contribution in [0.15, 0.2) is 28.9 Å². The monoisotopic (exact) mass is 418 g/mol. The summed E-state index contributed by atoms with van der Waals surface area (Å²) < 4.78 is 20.3. The molecule has 0 aliphatic carbocycles. The third kappa shape index (κ3) is 4.00. The fourth-order valence-electron chi connectivity index (χ4n) is 3.29. The van der Waals surface area contributed by atoms with Crippen LogP contribution in [-0.2, 0) is 0 Å². The average Bonchev–Trinajstić information content (AvgIpc) is 3.37. The summed E-state index contributed by atoms with van der Waals surface area (Å²) in [5.74, 6) is 0.479. The van der Waals surface area contributed by atoms with Crippen molar-refractivity contribution in [2.24, 2.45) is 0 Å². The largest absolute Gasteiger partial charge is 0.338 e. The molecule has 1 amide bonds. The molecule has 1 aliphatic heterocycles. The zero-order valence-corrected chi connectivity index (χ0v) is 16.8. The molecule has 1 fully saturated rings. The van der Waals surface area contributed by atoms with E-state index in [0.29, 0.717) is 48.9 Å². The van der Waals surface area contributed by atoms with Gasteiger partial charge in [0.1, 0.15) is 5.82 Å². The summed E-state index contributed by atoms with van der Waals surface area (Å²) in [6, 6.07) is 3.92. The first kappa shape index (κ1) is 19.5. The van der Waals surface area contributed by atoms with Crippen LogP contribution in [-0.4, -0.2) is 49.0 Å². The van der Waals surface area contributed by atoms with Gasteiger partial charge in [0.25, 0.3) is 11.8 Å². The van der Waals surface area contributed by atoms with Crippen LogP contribution in [0, 0.1) is 5.82 Å². The highest BCUT2D eigenvalue weighted by atomic mass is 35.5. The van der Waals surface area contributed by atoms with Gasteiger partial charge in [-0.2, -0.15) is 4.98 Å². The molecule has 3 aromatic rings. The van der Waals surface area contributed by atoms with Crippen molar-refractivity contribution in [3.8, 4) is 11.6 Å². The summed E-state index contributed by atoms with van der Waals surface area (Å²) in [6.45, 7) is 5.06. The number of halogens is 2. The number of rotatable bonds is 4. The molecular formula is C19H20ClFN6O2. The number of carbonyl (C=O) groups is 1. The number of aromatic nitrogens is 5. The summed E-state index contributed by atoms with van der Waals surface area (Å²) in [5, 5.41) is 12.4. The Morgan fingerprint density at radius 1 is 1.31 bits per heavy atom. The van der Waals surface area contributed by atoms with Crippen LogP contribution in [0.1, 0.15) is 54.8 Å². The van der Waals surface area contributed by atoms with Crippen LogP contribution < -0.4 is 0 Å². The van der Waals surface area contributed by atoms with E-state index in [9.17, 15) is 9.18 Å². The summed E-state index contributed by atoms with van der Waals surface area (Å²) in [5.41, 5.74) is 0.841. The van der Waals surface area contributed by atoms with Gasteiger partial charge in [0.05, 0.1) is 22.8 Å². The molecule has 0 saturated carbocycles. The molecular weight excluding hydrogens is 399 g/mol. The number of likely N-dealkylation sites (tertiary alicyclic amines) is 1. The minimum atomic E-state index is -0.464. The van der Waals surface area contributed by atoms with Gasteiger partial charge in [-0.05, 0) is 31.0 Å². The lowest BCUT2D eigenvalue weighted by atomic mass is 10.0. The van der Waals surface area contributed by atoms with Crippen molar-refractivity contribution in [2.75, 3.05) is 13.1 Å². The van der Waals surface area contributed by atoms with Crippen molar-refractivity contribution in [1.29, 1.82) is 0 Å². The molecule has 0 N–H and O–H groups in total. The van der Waals surface area contributed by atoms with Gasteiger partial charge in [-0.3, -0.25) is 4.79 Å². The molecule has 152 valence electrons. The van der Waals surface area contributed by atoms with Gasteiger partial charge in [-0.1, -0.05) is 35.8 Å². The highest BCUT2D eigenvalue weighted by Gasteiger charge is 2.27. The SMILES string of the molecule is CC(C)c1noc(-c2cn(C3CCN(C(=O)c4ccc(F)cc4Cl)CC3)nn2)n1. The van der Waals surface area contributed by atoms with Crippen molar-refractivity contribution in [3.63, 3.8) is 0 Å². The standard InChI is InChI=1S/C19H20ClFN6O2/c1-11(2)17-22-18(29-24-17)16-10-27(25-23-16)13-5-7-26(8-6-13)19(28)14-4-3-12(21)9-15(14)20/h3-4,9-11,13H,5-8H2,1-2H3. The van der Waals surface area contributed by atoms with Crippen molar-refractivity contribution in [3.05, 3.63) is 46.6 Å². The Balaban J connectivity index is 1.41. The number of amides is 1. The van der Waals surface area contributed by atoms with E-state index in [0.717, 1.165) is 6.07 Å². The van der Waals surface area contributed by atoms with Crippen LogP contribution in [0.2, 0.25) is 5.02 Å². The van der Waals surface area contributed by atoms with Gasteiger partial charge < -0.3 is 9.42 Å². The summed E-state index contributed by atoms with van der Waals surface area (Å²) >= 11 is 6.02. The first-order valence-electron chi connectivity index (χ1n) is 9.42. The number of piperidine rings is 1. The highest BCUT2D eigenvalue weighted by molar-refractivity contribution is 6.33. The lowest BCUT2D eigenvalue weighted by Crippen LogP contribution is -2.39.